The van der Waals surface area contributed by atoms with Crippen molar-refractivity contribution in [2.75, 3.05) is 44.9 Å². The average Bonchev–Trinajstić information content (AvgIpc) is 3.07. The van der Waals surface area contributed by atoms with Gasteiger partial charge >= 0.3 is 0 Å². The topological polar surface area (TPSA) is 68.3 Å². The number of ether oxygens (including phenoxy) is 3. The van der Waals surface area contributed by atoms with E-state index in [1.165, 1.54) is 18.9 Å². The Labute approximate surface area is 157 Å². The summed E-state index contributed by atoms with van der Waals surface area (Å²) in [5.74, 6) is -0.430. The van der Waals surface area contributed by atoms with E-state index in [0.717, 1.165) is 0 Å². The smallest absolute Gasteiger partial charge is 0.242 e. The number of likely N-dealkylation sites (tertiary alicyclic amines) is 1. The maximum absolute atomic E-state index is 12.8. The Bertz CT molecular complexity index is 680. The van der Waals surface area contributed by atoms with Gasteiger partial charge < -0.3 is 19.1 Å². The van der Waals surface area contributed by atoms with Crippen LogP contribution in [0.1, 0.15) is 19.8 Å². The molecule has 2 aliphatic rings. The van der Waals surface area contributed by atoms with Gasteiger partial charge in [-0.15, -0.1) is 0 Å². The second kappa shape index (κ2) is 7.82. The van der Waals surface area contributed by atoms with Crippen LogP contribution in [0.25, 0.3) is 0 Å². The van der Waals surface area contributed by atoms with E-state index >= 15 is 0 Å². The Morgan fingerprint density at radius 3 is 2.50 bits per heavy atom. The van der Waals surface area contributed by atoms with Crippen molar-refractivity contribution in [1.29, 1.82) is 0 Å². The number of methoxy groups -OCH3 is 1. The molecule has 2 fully saturated rings. The highest BCUT2D eigenvalue weighted by molar-refractivity contribution is 6.31. The van der Waals surface area contributed by atoms with Crippen LogP contribution < -0.4 is 9.64 Å². The van der Waals surface area contributed by atoms with Crippen molar-refractivity contribution in [2.24, 2.45) is 0 Å². The minimum atomic E-state index is -0.535. The summed E-state index contributed by atoms with van der Waals surface area (Å²) in [4.78, 5) is 28.0. The number of benzene rings is 1. The van der Waals surface area contributed by atoms with Crippen molar-refractivity contribution in [3.05, 3.63) is 23.2 Å². The molecule has 0 bridgehead atoms. The third-order valence-electron chi connectivity index (χ3n) is 4.80. The van der Waals surface area contributed by atoms with Gasteiger partial charge in [-0.2, -0.15) is 0 Å². The normalized spacial score (nSPS) is 18.8. The molecule has 7 nitrogen and oxygen atoms in total. The molecule has 0 aliphatic carbocycles. The predicted molar refractivity (Wildman–Crippen MR) is 96.5 cm³/mol. The molecule has 8 heteroatoms. The van der Waals surface area contributed by atoms with Crippen LogP contribution in [-0.4, -0.2) is 62.5 Å². The fourth-order valence-corrected chi connectivity index (χ4v) is 3.52. The van der Waals surface area contributed by atoms with Crippen molar-refractivity contribution >= 4 is 29.1 Å². The highest BCUT2D eigenvalue weighted by atomic mass is 35.5. The first-order valence-electron chi connectivity index (χ1n) is 8.61. The van der Waals surface area contributed by atoms with Crippen molar-refractivity contribution in [2.45, 2.75) is 25.6 Å². The van der Waals surface area contributed by atoms with E-state index < -0.39 is 5.79 Å². The average molecular weight is 383 g/mol. The lowest BCUT2D eigenvalue weighted by atomic mass is 10.0. The molecule has 142 valence electrons. The Balaban J connectivity index is 1.70. The van der Waals surface area contributed by atoms with Crippen LogP contribution in [0.15, 0.2) is 18.2 Å². The Hall–Kier alpha value is -1.83. The summed E-state index contributed by atoms with van der Waals surface area (Å²) in [6, 6.07) is 4.98. The molecule has 2 heterocycles. The first kappa shape index (κ1) is 18.9. The van der Waals surface area contributed by atoms with E-state index in [-0.39, 0.29) is 18.4 Å². The minimum absolute atomic E-state index is 0.0687. The number of rotatable bonds is 4. The molecule has 3 rings (SSSR count). The standard InChI is InChI=1S/C18H23ClN2O5/c1-13(22)21(15-11-14(19)3-4-16(15)24-2)12-17(23)20-7-5-18(6-8-20)25-9-10-26-18/h3-4,11H,5-10,12H2,1-2H3. The number of halogens is 1. The number of hydrogen-bond donors (Lipinski definition) is 0. The molecular weight excluding hydrogens is 360 g/mol. The van der Waals surface area contributed by atoms with Gasteiger partial charge in [-0.25, -0.2) is 0 Å². The molecule has 0 N–H and O–H groups in total. The second-order valence-electron chi connectivity index (χ2n) is 6.41. The molecule has 1 spiro atoms. The Morgan fingerprint density at radius 1 is 1.27 bits per heavy atom. The van der Waals surface area contributed by atoms with Crippen LogP contribution in [0, 0.1) is 0 Å². The minimum Gasteiger partial charge on any atom is -0.495 e. The van der Waals surface area contributed by atoms with Crippen LogP contribution in [0.4, 0.5) is 5.69 Å². The van der Waals surface area contributed by atoms with Gasteiger partial charge in [0, 0.05) is 37.9 Å². The summed E-state index contributed by atoms with van der Waals surface area (Å²) in [5, 5.41) is 0.468. The number of hydrogen-bond acceptors (Lipinski definition) is 5. The molecule has 0 aromatic heterocycles. The van der Waals surface area contributed by atoms with E-state index in [9.17, 15) is 9.59 Å². The molecule has 2 saturated heterocycles. The largest absolute Gasteiger partial charge is 0.495 e. The van der Waals surface area contributed by atoms with Crippen molar-refractivity contribution in [1.82, 2.24) is 4.90 Å². The highest BCUT2D eigenvalue weighted by Gasteiger charge is 2.41. The summed E-state index contributed by atoms with van der Waals surface area (Å²) < 4.78 is 16.7. The monoisotopic (exact) mass is 382 g/mol. The number of anilines is 1. The quantitative estimate of drug-likeness (QED) is 0.797. The van der Waals surface area contributed by atoms with Crippen LogP contribution in [0.5, 0.6) is 5.75 Å². The molecule has 2 aliphatic heterocycles. The van der Waals surface area contributed by atoms with Crippen molar-refractivity contribution in [3.8, 4) is 5.75 Å². The lowest BCUT2D eigenvalue weighted by Crippen LogP contribution is -2.50. The van der Waals surface area contributed by atoms with Crippen molar-refractivity contribution < 1.29 is 23.8 Å². The molecule has 0 unspecified atom stereocenters. The van der Waals surface area contributed by atoms with Gasteiger partial charge in [-0.05, 0) is 18.2 Å². The second-order valence-corrected chi connectivity index (χ2v) is 6.85. The summed E-state index contributed by atoms with van der Waals surface area (Å²) in [6.45, 7) is 3.62. The third kappa shape index (κ3) is 3.95. The van der Waals surface area contributed by atoms with Crippen LogP contribution in [0.2, 0.25) is 5.02 Å². The molecule has 1 aromatic rings. The van der Waals surface area contributed by atoms with Gasteiger partial charge in [0.25, 0.3) is 0 Å². The molecule has 0 radical (unpaired) electrons. The first-order chi connectivity index (χ1) is 12.4. The summed E-state index contributed by atoms with van der Waals surface area (Å²) in [6.07, 6.45) is 1.28. The molecule has 1 aromatic carbocycles. The zero-order valence-corrected chi connectivity index (χ0v) is 15.8. The predicted octanol–water partition coefficient (Wildman–Crippen LogP) is 2.07. The fraction of sp³-hybridized carbons (Fsp3) is 0.556. The number of carbonyl (C=O) groups excluding carboxylic acids is 2. The Morgan fingerprint density at radius 2 is 1.92 bits per heavy atom. The molecule has 2 amide bonds. The van der Waals surface area contributed by atoms with Gasteiger partial charge in [0.05, 0.1) is 26.0 Å². The lowest BCUT2D eigenvalue weighted by Gasteiger charge is -2.38. The van der Waals surface area contributed by atoms with E-state index in [4.69, 9.17) is 25.8 Å². The van der Waals surface area contributed by atoms with Crippen LogP contribution >= 0.6 is 11.6 Å². The van der Waals surface area contributed by atoms with Crippen molar-refractivity contribution in [3.63, 3.8) is 0 Å². The van der Waals surface area contributed by atoms with Crippen LogP contribution in [0.3, 0.4) is 0 Å². The summed E-state index contributed by atoms with van der Waals surface area (Å²) in [5.41, 5.74) is 0.483. The highest BCUT2D eigenvalue weighted by Crippen LogP contribution is 2.33. The summed E-state index contributed by atoms with van der Waals surface area (Å²) >= 11 is 6.06. The Kier molecular flexibility index (Phi) is 5.70. The summed E-state index contributed by atoms with van der Waals surface area (Å²) in [7, 11) is 1.51. The van der Waals surface area contributed by atoms with E-state index in [1.54, 1.807) is 23.1 Å². The maximum atomic E-state index is 12.8. The third-order valence-corrected chi connectivity index (χ3v) is 5.03. The maximum Gasteiger partial charge on any atom is 0.242 e. The first-order valence-corrected chi connectivity index (χ1v) is 8.99. The SMILES string of the molecule is COc1ccc(Cl)cc1N(CC(=O)N1CCC2(CC1)OCCO2)C(C)=O. The van der Waals surface area contributed by atoms with Gasteiger partial charge in [0.15, 0.2) is 5.79 Å². The molecule has 0 saturated carbocycles. The van der Waals surface area contributed by atoms with Gasteiger partial charge in [-0.3, -0.25) is 14.5 Å². The van der Waals surface area contributed by atoms with E-state index in [1.807, 2.05) is 0 Å². The van der Waals surface area contributed by atoms with E-state index in [0.29, 0.717) is 55.6 Å². The van der Waals surface area contributed by atoms with Crippen LogP contribution in [-0.2, 0) is 19.1 Å². The lowest BCUT2D eigenvalue weighted by molar-refractivity contribution is -0.187. The van der Waals surface area contributed by atoms with Gasteiger partial charge in [0.1, 0.15) is 12.3 Å². The zero-order chi connectivity index (χ0) is 18.7. The van der Waals surface area contributed by atoms with Gasteiger partial charge in [0.2, 0.25) is 11.8 Å². The number of piperidine rings is 1. The molecule has 0 atom stereocenters. The molecule has 26 heavy (non-hydrogen) atoms. The van der Waals surface area contributed by atoms with E-state index in [2.05, 4.69) is 0 Å². The molecular formula is C18H23ClN2O5. The number of amides is 2. The number of carbonyl (C=O) groups is 2. The fourth-order valence-electron chi connectivity index (χ4n) is 3.36. The number of nitrogens with zero attached hydrogens (tertiary/aromatic N) is 2. The van der Waals surface area contributed by atoms with Gasteiger partial charge in [-0.1, -0.05) is 11.6 Å². The zero-order valence-electron chi connectivity index (χ0n) is 15.0.